The van der Waals surface area contributed by atoms with E-state index in [4.69, 9.17) is 0 Å². The minimum absolute atomic E-state index is 0.324. The quantitative estimate of drug-likeness (QED) is 0.610. The Morgan fingerprint density at radius 1 is 1.40 bits per heavy atom. The molecule has 0 fully saturated rings. The monoisotopic (exact) mass is 159 g/mol. The molecule has 1 aliphatic heterocycles. The van der Waals surface area contributed by atoms with Gasteiger partial charge in [-0.15, -0.1) is 11.8 Å². The summed E-state index contributed by atoms with van der Waals surface area (Å²) in [7, 11) is 0. The van der Waals surface area contributed by atoms with Crippen LogP contribution in [0.3, 0.4) is 0 Å². The third kappa shape index (κ3) is 1.15. The van der Waals surface area contributed by atoms with Crippen LogP contribution in [0.5, 0.6) is 0 Å². The van der Waals surface area contributed by atoms with Gasteiger partial charge in [-0.3, -0.25) is 0 Å². The molecule has 54 valence electrons. The molecule has 0 aromatic rings. The number of urea groups is 2. The topological polar surface area (TPSA) is 62.1 Å². The summed E-state index contributed by atoms with van der Waals surface area (Å²) in [6, 6.07) is -1.14. The summed E-state index contributed by atoms with van der Waals surface area (Å²) in [4.78, 5) is 22.2. The van der Waals surface area contributed by atoms with Gasteiger partial charge in [-0.1, -0.05) is 10.2 Å². The van der Waals surface area contributed by atoms with E-state index in [9.17, 15) is 9.59 Å². The predicted molar refractivity (Wildman–Crippen MR) is 35.9 cm³/mol. The van der Waals surface area contributed by atoms with E-state index in [-0.39, 0.29) is 0 Å². The summed E-state index contributed by atoms with van der Waals surface area (Å²) in [6.07, 6.45) is 1.79. The van der Waals surface area contributed by atoms with Crippen molar-refractivity contribution in [3.63, 3.8) is 0 Å². The van der Waals surface area contributed by atoms with Crippen molar-refractivity contribution in [2.24, 2.45) is 10.2 Å². The number of azo groups is 1. The number of nitrogens with zero attached hydrogens (tertiary/aromatic N) is 3. The van der Waals surface area contributed by atoms with Gasteiger partial charge < -0.3 is 0 Å². The molecule has 1 aliphatic rings. The summed E-state index contributed by atoms with van der Waals surface area (Å²) in [6.45, 7) is 0. The Labute approximate surface area is 61.5 Å². The van der Waals surface area contributed by atoms with Crippen molar-refractivity contribution in [1.82, 2.24) is 4.90 Å². The first kappa shape index (κ1) is 7.20. The summed E-state index contributed by atoms with van der Waals surface area (Å²) in [5.41, 5.74) is 0. The van der Waals surface area contributed by atoms with Gasteiger partial charge in [0.2, 0.25) is 0 Å². The Morgan fingerprint density at radius 3 is 2.30 bits per heavy atom. The van der Waals surface area contributed by atoms with E-state index in [0.29, 0.717) is 5.88 Å². The molecule has 0 bridgehead atoms. The second-order valence-corrected chi connectivity index (χ2v) is 2.45. The molecule has 0 atom stereocenters. The van der Waals surface area contributed by atoms with E-state index in [2.05, 4.69) is 10.2 Å². The van der Waals surface area contributed by atoms with Crippen molar-refractivity contribution in [2.75, 3.05) is 12.1 Å². The summed E-state index contributed by atoms with van der Waals surface area (Å²) >= 11 is 1.37. The molecule has 1 heterocycles. The SMILES string of the molecule is CSCN1C(=O)N=NC1=O. The number of thioether (sulfide) groups is 1. The molecule has 1 rings (SSSR count). The largest absolute Gasteiger partial charge is 0.371 e. The lowest BCUT2D eigenvalue weighted by Gasteiger charge is -2.05. The lowest BCUT2D eigenvalue weighted by atomic mass is 10.8. The first-order valence-electron chi connectivity index (χ1n) is 2.52. The highest BCUT2D eigenvalue weighted by Gasteiger charge is 2.25. The molecule has 0 aromatic carbocycles. The fraction of sp³-hybridized carbons (Fsp3) is 0.500. The van der Waals surface area contributed by atoms with Crippen LogP contribution in [0.4, 0.5) is 9.59 Å². The van der Waals surface area contributed by atoms with Crippen LogP contribution in [-0.2, 0) is 0 Å². The number of rotatable bonds is 2. The van der Waals surface area contributed by atoms with Crippen LogP contribution < -0.4 is 0 Å². The summed E-state index contributed by atoms with van der Waals surface area (Å²) in [5, 5.41) is 6.13. The van der Waals surface area contributed by atoms with Crippen molar-refractivity contribution in [3.05, 3.63) is 0 Å². The molecule has 0 radical (unpaired) electrons. The smallest absolute Gasteiger partial charge is 0.244 e. The van der Waals surface area contributed by atoms with Crippen LogP contribution in [0.1, 0.15) is 0 Å². The number of carbonyl (C=O) groups is 2. The fourth-order valence-electron chi connectivity index (χ4n) is 0.515. The number of hydrogen-bond donors (Lipinski definition) is 0. The van der Waals surface area contributed by atoms with E-state index >= 15 is 0 Å². The van der Waals surface area contributed by atoms with Gasteiger partial charge in [0.25, 0.3) is 0 Å². The fourth-order valence-corrected chi connectivity index (χ4v) is 0.994. The van der Waals surface area contributed by atoms with E-state index in [1.54, 1.807) is 6.26 Å². The number of carbonyl (C=O) groups excluding carboxylic acids is 2. The highest BCUT2D eigenvalue weighted by Crippen LogP contribution is 2.09. The molecule has 0 spiro atoms. The molecule has 0 aliphatic carbocycles. The zero-order valence-corrected chi connectivity index (χ0v) is 6.09. The molecule has 0 aromatic heterocycles. The third-order valence-electron chi connectivity index (χ3n) is 0.941. The molecule has 10 heavy (non-hydrogen) atoms. The number of hydrogen-bond acceptors (Lipinski definition) is 3. The third-order valence-corrected chi connectivity index (χ3v) is 1.46. The highest BCUT2D eigenvalue weighted by atomic mass is 32.2. The van der Waals surface area contributed by atoms with Crippen LogP contribution in [0.2, 0.25) is 0 Å². The van der Waals surface area contributed by atoms with Crippen LogP contribution in [0, 0.1) is 0 Å². The van der Waals surface area contributed by atoms with Gasteiger partial charge in [0.1, 0.15) is 0 Å². The standard InChI is InChI=1S/C4H5N3O2S/c1-10-2-7-3(8)5-6-4(7)9/h2H2,1H3. The summed E-state index contributed by atoms with van der Waals surface area (Å²) < 4.78 is 0. The molecule has 5 nitrogen and oxygen atoms in total. The minimum atomic E-state index is -0.570. The van der Waals surface area contributed by atoms with Gasteiger partial charge in [-0.25, -0.2) is 14.5 Å². The van der Waals surface area contributed by atoms with Crippen molar-refractivity contribution in [2.45, 2.75) is 0 Å². The van der Waals surface area contributed by atoms with Gasteiger partial charge in [0, 0.05) is 0 Å². The maximum Gasteiger partial charge on any atom is 0.371 e. The van der Waals surface area contributed by atoms with E-state index in [1.807, 2.05) is 0 Å². The maximum absolute atomic E-state index is 10.6. The normalized spacial score (nSPS) is 17.1. The number of imide groups is 1. The van der Waals surface area contributed by atoms with Gasteiger partial charge in [-0.2, -0.15) is 0 Å². The maximum atomic E-state index is 10.6. The molecular weight excluding hydrogens is 154 g/mol. The van der Waals surface area contributed by atoms with Crippen molar-refractivity contribution >= 4 is 23.8 Å². The van der Waals surface area contributed by atoms with Crippen LogP contribution in [0.25, 0.3) is 0 Å². The molecule has 0 saturated carbocycles. The average molecular weight is 159 g/mol. The average Bonchev–Trinajstić information content (AvgIpc) is 2.20. The zero-order valence-electron chi connectivity index (χ0n) is 5.27. The predicted octanol–water partition coefficient (Wildman–Crippen LogP) is 1.31. The molecule has 6 heteroatoms. The Balaban J connectivity index is 2.60. The van der Waals surface area contributed by atoms with Gasteiger partial charge in [0.15, 0.2) is 0 Å². The van der Waals surface area contributed by atoms with Crippen LogP contribution in [0.15, 0.2) is 10.2 Å². The minimum Gasteiger partial charge on any atom is -0.244 e. The van der Waals surface area contributed by atoms with Crippen molar-refractivity contribution in [1.29, 1.82) is 0 Å². The first-order valence-corrected chi connectivity index (χ1v) is 3.91. The Kier molecular flexibility index (Phi) is 2.00. The molecule has 0 N–H and O–H groups in total. The lowest BCUT2D eigenvalue weighted by Crippen LogP contribution is -2.27. The molecule has 0 saturated heterocycles. The van der Waals surface area contributed by atoms with E-state index in [0.717, 1.165) is 4.90 Å². The van der Waals surface area contributed by atoms with Gasteiger partial charge in [0.05, 0.1) is 5.88 Å². The highest BCUT2D eigenvalue weighted by molar-refractivity contribution is 7.98. The lowest BCUT2D eigenvalue weighted by molar-refractivity contribution is 0.212. The Morgan fingerprint density at radius 2 is 1.90 bits per heavy atom. The number of amides is 4. The molecule has 4 amide bonds. The van der Waals surface area contributed by atoms with Crippen LogP contribution in [-0.4, -0.2) is 29.1 Å². The van der Waals surface area contributed by atoms with E-state index < -0.39 is 12.1 Å². The Bertz CT molecular complexity index is 185. The molecular formula is C4H5N3O2S. The second-order valence-electron chi connectivity index (χ2n) is 1.61. The second kappa shape index (κ2) is 2.78. The summed E-state index contributed by atoms with van der Waals surface area (Å²) in [5.74, 6) is 0.324. The van der Waals surface area contributed by atoms with Gasteiger partial charge in [-0.05, 0) is 6.26 Å². The van der Waals surface area contributed by atoms with Crippen molar-refractivity contribution in [3.8, 4) is 0 Å². The van der Waals surface area contributed by atoms with E-state index in [1.165, 1.54) is 11.8 Å². The first-order chi connectivity index (χ1) is 4.75. The van der Waals surface area contributed by atoms with Crippen LogP contribution >= 0.6 is 11.8 Å². The zero-order chi connectivity index (χ0) is 7.56. The molecule has 0 unspecified atom stereocenters. The van der Waals surface area contributed by atoms with Gasteiger partial charge >= 0.3 is 12.1 Å². The van der Waals surface area contributed by atoms with Crippen molar-refractivity contribution < 1.29 is 9.59 Å². The Hall–Kier alpha value is -0.910.